The molecule has 102 heavy (non-hydrogen) atoms. The Kier molecular flexibility index (Phi) is 13.5. The lowest BCUT2D eigenvalue weighted by molar-refractivity contribution is 1.18. The molecule has 7 nitrogen and oxygen atoms in total. The average molecular weight is 1300 g/mol. The molecule has 20 aromatic rings. The summed E-state index contributed by atoms with van der Waals surface area (Å²) in [6, 6.07) is 131. The van der Waals surface area contributed by atoms with Gasteiger partial charge in [-0.2, -0.15) is 5.26 Å². The Bertz CT molecular complexity index is 6500. The van der Waals surface area contributed by atoms with Gasteiger partial charge in [0.05, 0.1) is 61.1 Å². The quantitative estimate of drug-likeness (QED) is 0.130. The van der Waals surface area contributed by atoms with E-state index in [1.54, 1.807) is 0 Å². The van der Waals surface area contributed by atoms with Crippen molar-refractivity contribution in [2.75, 3.05) is 0 Å². The van der Waals surface area contributed by atoms with Crippen molar-refractivity contribution in [1.29, 1.82) is 5.26 Å². The Morgan fingerprint density at radius 1 is 0.206 bits per heavy atom. The zero-order valence-corrected chi connectivity index (χ0v) is 55.2. The molecule has 0 atom stereocenters. The van der Waals surface area contributed by atoms with Gasteiger partial charge in [-0.25, -0.2) is 9.97 Å². The van der Waals surface area contributed by atoms with Crippen molar-refractivity contribution in [3.8, 4) is 107 Å². The molecule has 474 valence electrons. The zero-order chi connectivity index (χ0) is 67.4. The number of aromatic nitrogens is 6. The lowest BCUT2D eigenvalue weighted by Crippen LogP contribution is -2.05. The fraction of sp³-hybridized carbons (Fsp3) is 0. The highest BCUT2D eigenvalue weighted by atomic mass is 15.0. The third-order valence-corrected chi connectivity index (χ3v) is 20.7. The SMILES string of the molecule is N#Cc1c(-c2ccc(-n3c4ccccc4c4ccccc43)cc2)c(-c2ccc(-n3c4ccccc4c4ccccc43)cc2)c(-c2ccc(-n3c4ccccc4c4ccccc43)cc2)c(-c2ccc(-n3c4ccccc4c4ccccc43)cc2)c1-c1cc(-c2ccccc2)nc(-c2ccccc2)n1. The van der Waals surface area contributed by atoms with Crippen molar-refractivity contribution in [2.24, 2.45) is 0 Å². The van der Waals surface area contributed by atoms with Crippen LogP contribution in [-0.2, 0) is 0 Å². The van der Waals surface area contributed by atoms with Crippen molar-refractivity contribution in [3.05, 3.63) is 363 Å². The normalized spacial score (nSPS) is 11.7. The maximum Gasteiger partial charge on any atom is 0.160 e. The molecule has 0 N–H and O–H groups in total. The first kappa shape index (κ1) is 58.2. The van der Waals surface area contributed by atoms with Crippen LogP contribution in [0.3, 0.4) is 0 Å². The second-order valence-electron chi connectivity index (χ2n) is 26.2. The van der Waals surface area contributed by atoms with E-state index in [2.05, 4.69) is 346 Å². The van der Waals surface area contributed by atoms with E-state index in [9.17, 15) is 5.26 Å². The number of nitriles is 1. The second-order valence-corrected chi connectivity index (χ2v) is 26.2. The highest BCUT2D eigenvalue weighted by Gasteiger charge is 2.31. The number of nitrogens with zero attached hydrogens (tertiary/aromatic N) is 7. The number of rotatable bonds is 11. The highest BCUT2D eigenvalue weighted by Crippen LogP contribution is 2.54. The van der Waals surface area contributed by atoms with Crippen LogP contribution in [0.4, 0.5) is 0 Å². The molecular weight excluding hydrogens is 1240 g/mol. The number of hydrogen-bond acceptors (Lipinski definition) is 3. The Labute approximate surface area is 587 Å². The van der Waals surface area contributed by atoms with Gasteiger partial charge in [-0.3, -0.25) is 0 Å². The lowest BCUT2D eigenvalue weighted by atomic mass is 9.76. The minimum Gasteiger partial charge on any atom is -0.309 e. The van der Waals surface area contributed by atoms with Gasteiger partial charge in [-0.1, -0.05) is 255 Å². The van der Waals surface area contributed by atoms with Gasteiger partial charge >= 0.3 is 0 Å². The van der Waals surface area contributed by atoms with E-state index in [1.165, 1.54) is 43.1 Å². The molecule has 0 fully saturated rings. The monoisotopic (exact) mass is 1300 g/mol. The van der Waals surface area contributed by atoms with Crippen LogP contribution in [0.1, 0.15) is 5.56 Å². The number of benzene rings is 15. The van der Waals surface area contributed by atoms with Crippen LogP contribution >= 0.6 is 0 Å². The van der Waals surface area contributed by atoms with Crippen molar-refractivity contribution < 1.29 is 0 Å². The molecule has 5 heterocycles. The zero-order valence-electron chi connectivity index (χ0n) is 55.2. The molecule has 0 aliphatic carbocycles. The summed E-state index contributed by atoms with van der Waals surface area (Å²) in [5.74, 6) is 0.544. The average Bonchev–Trinajstić information content (AvgIpc) is 1.06. The van der Waals surface area contributed by atoms with Crippen LogP contribution in [0, 0.1) is 11.3 Å². The Morgan fingerprint density at radius 2 is 0.441 bits per heavy atom. The summed E-state index contributed by atoms with van der Waals surface area (Å²) < 4.78 is 9.47. The van der Waals surface area contributed by atoms with Crippen molar-refractivity contribution in [3.63, 3.8) is 0 Å². The number of fused-ring (bicyclic) bond motifs is 12. The van der Waals surface area contributed by atoms with Crippen LogP contribution in [0.2, 0.25) is 0 Å². The number of para-hydroxylation sites is 8. The third-order valence-electron chi connectivity index (χ3n) is 20.7. The van der Waals surface area contributed by atoms with Crippen LogP contribution in [0.15, 0.2) is 358 Å². The van der Waals surface area contributed by atoms with E-state index in [0.717, 1.165) is 128 Å². The summed E-state index contributed by atoms with van der Waals surface area (Å²) >= 11 is 0. The summed E-state index contributed by atoms with van der Waals surface area (Å²) in [6.45, 7) is 0. The predicted molar refractivity (Wildman–Crippen MR) is 422 cm³/mol. The molecule has 5 aromatic heterocycles. The van der Waals surface area contributed by atoms with Gasteiger partial charge in [0.15, 0.2) is 5.82 Å². The topological polar surface area (TPSA) is 69.3 Å². The second kappa shape index (κ2) is 23.7. The molecule has 20 rings (SSSR count). The van der Waals surface area contributed by atoms with Crippen LogP contribution in [0.25, 0.3) is 188 Å². The molecule has 0 saturated heterocycles. The van der Waals surface area contributed by atoms with E-state index < -0.39 is 0 Å². The maximum atomic E-state index is 12.9. The summed E-state index contributed by atoms with van der Waals surface area (Å²) in [7, 11) is 0. The highest BCUT2D eigenvalue weighted by molar-refractivity contribution is 6.15. The molecule has 0 saturated carbocycles. The van der Waals surface area contributed by atoms with Gasteiger partial charge in [0.25, 0.3) is 0 Å². The van der Waals surface area contributed by atoms with E-state index in [-0.39, 0.29) is 0 Å². The van der Waals surface area contributed by atoms with Gasteiger partial charge < -0.3 is 18.3 Å². The molecule has 0 aliphatic rings. The minimum atomic E-state index is 0.477. The molecule has 0 bridgehead atoms. The van der Waals surface area contributed by atoms with Crippen LogP contribution in [0.5, 0.6) is 0 Å². The standard InChI is InChI=1S/C95H59N7/c96-60-79-90(62-43-51-67(52-44-62)99-82-35-15-7-27-71(82)72-28-8-16-36-83(72)99)91(63-45-53-68(54-46-63)100-84-37-17-9-29-73(84)74-30-10-18-38-85(74)100)92(64-47-55-69(56-48-64)101-86-39-19-11-31-75(86)76-32-12-20-40-87(76)101)93(65-49-57-70(58-50-65)102-88-41-21-13-33-77(88)78-34-14-22-42-89(78)102)94(79)81-59-80(61-23-3-1-4-24-61)97-95(98-81)66-25-5-2-6-26-66/h1-59H. The third kappa shape index (κ3) is 9.21. The molecule has 0 aliphatic heterocycles. The Balaban J connectivity index is 0.923. The number of hydrogen-bond donors (Lipinski definition) is 0. The summed E-state index contributed by atoms with van der Waals surface area (Å²) in [5.41, 5.74) is 24.4. The molecule has 7 heteroatoms. The first-order chi connectivity index (χ1) is 50.6. The molecule has 0 amide bonds. The van der Waals surface area contributed by atoms with Gasteiger partial charge in [0, 0.05) is 93.7 Å². The van der Waals surface area contributed by atoms with Gasteiger partial charge in [-0.05, 0) is 137 Å². The van der Waals surface area contributed by atoms with Crippen LogP contribution < -0.4 is 0 Å². The summed E-state index contributed by atoms with van der Waals surface area (Å²) in [5, 5.41) is 22.4. The van der Waals surface area contributed by atoms with E-state index in [4.69, 9.17) is 9.97 Å². The van der Waals surface area contributed by atoms with Crippen molar-refractivity contribution in [2.45, 2.75) is 0 Å². The molecular formula is C95H59N7. The van der Waals surface area contributed by atoms with Crippen molar-refractivity contribution >= 4 is 87.2 Å². The van der Waals surface area contributed by atoms with Gasteiger partial charge in [-0.15, -0.1) is 0 Å². The largest absolute Gasteiger partial charge is 0.309 e. The van der Waals surface area contributed by atoms with E-state index >= 15 is 0 Å². The van der Waals surface area contributed by atoms with Crippen molar-refractivity contribution in [1.82, 2.24) is 28.2 Å². The molecule has 0 unspecified atom stereocenters. The minimum absolute atomic E-state index is 0.477. The van der Waals surface area contributed by atoms with Gasteiger partial charge in [0.2, 0.25) is 0 Å². The molecule has 15 aromatic carbocycles. The first-order valence-electron chi connectivity index (χ1n) is 34.6. The smallest absolute Gasteiger partial charge is 0.160 e. The Morgan fingerprint density at radius 3 is 0.735 bits per heavy atom. The predicted octanol–water partition coefficient (Wildman–Crippen LogP) is 24.4. The summed E-state index contributed by atoms with van der Waals surface area (Å²) in [6.07, 6.45) is 0. The Hall–Kier alpha value is -13.9. The molecule has 0 radical (unpaired) electrons. The first-order valence-corrected chi connectivity index (χ1v) is 34.6. The summed E-state index contributed by atoms with van der Waals surface area (Å²) in [4.78, 5) is 11.1. The molecule has 0 spiro atoms. The van der Waals surface area contributed by atoms with E-state index in [0.29, 0.717) is 22.6 Å². The van der Waals surface area contributed by atoms with Gasteiger partial charge in [0.1, 0.15) is 6.07 Å². The maximum absolute atomic E-state index is 12.9. The van der Waals surface area contributed by atoms with E-state index in [1.807, 2.05) is 36.4 Å². The van der Waals surface area contributed by atoms with Crippen LogP contribution in [-0.4, -0.2) is 28.2 Å². The fourth-order valence-corrected chi connectivity index (χ4v) is 16.2. The fourth-order valence-electron chi connectivity index (χ4n) is 16.2. The lowest BCUT2D eigenvalue weighted by Gasteiger charge is -2.26.